The van der Waals surface area contributed by atoms with Crippen molar-refractivity contribution in [3.8, 4) is 0 Å². The third kappa shape index (κ3) is 2.49. The lowest BCUT2D eigenvalue weighted by atomic mass is 10.1. The third-order valence-electron chi connectivity index (χ3n) is 2.97. The molecule has 0 radical (unpaired) electrons. The summed E-state index contributed by atoms with van der Waals surface area (Å²) in [6, 6.07) is 5.80. The molecule has 5 heteroatoms. The molecule has 0 spiro atoms. The van der Waals surface area contributed by atoms with Gasteiger partial charge in [-0.2, -0.15) is 0 Å². The number of rotatable bonds is 4. The Labute approximate surface area is 112 Å². The second kappa shape index (κ2) is 5.42. The van der Waals surface area contributed by atoms with Crippen LogP contribution < -0.4 is 10.6 Å². The van der Waals surface area contributed by atoms with Crippen LogP contribution in [0.25, 0.3) is 0 Å². The van der Waals surface area contributed by atoms with Gasteiger partial charge in [-0.25, -0.2) is 4.98 Å². The first-order chi connectivity index (χ1) is 8.63. The summed E-state index contributed by atoms with van der Waals surface area (Å²) >= 11 is 6.26. The van der Waals surface area contributed by atoms with E-state index in [1.807, 2.05) is 43.1 Å². The van der Waals surface area contributed by atoms with Crippen molar-refractivity contribution in [3.63, 3.8) is 0 Å². The van der Waals surface area contributed by atoms with Crippen molar-refractivity contribution < 1.29 is 0 Å². The molecule has 0 unspecified atom stereocenters. The number of aromatic nitrogens is 2. The summed E-state index contributed by atoms with van der Waals surface area (Å²) < 4.78 is 2.00. The van der Waals surface area contributed by atoms with E-state index in [4.69, 9.17) is 17.3 Å². The molecule has 0 bridgehead atoms. The maximum Gasteiger partial charge on any atom is 0.127 e. The number of benzene rings is 1. The van der Waals surface area contributed by atoms with E-state index in [1.54, 1.807) is 6.20 Å². The molecule has 0 amide bonds. The van der Waals surface area contributed by atoms with Crippen LogP contribution in [-0.4, -0.2) is 16.6 Å². The number of nitrogens with two attached hydrogens (primary N) is 1. The van der Waals surface area contributed by atoms with E-state index in [9.17, 15) is 0 Å². The second-order valence-electron chi connectivity index (χ2n) is 4.26. The van der Waals surface area contributed by atoms with Crippen molar-refractivity contribution in [2.75, 3.05) is 11.9 Å². The summed E-state index contributed by atoms with van der Waals surface area (Å²) in [4.78, 5) is 6.39. The fourth-order valence-electron chi connectivity index (χ4n) is 1.99. The van der Waals surface area contributed by atoms with Gasteiger partial charge in [-0.3, -0.25) is 0 Å². The van der Waals surface area contributed by atoms with Crippen LogP contribution in [0.5, 0.6) is 0 Å². The quantitative estimate of drug-likeness (QED) is 0.921. The molecule has 0 aliphatic carbocycles. The average Bonchev–Trinajstić information content (AvgIpc) is 2.74. The topological polar surface area (TPSA) is 47.1 Å². The highest BCUT2D eigenvalue weighted by Gasteiger charge is 2.12. The molecule has 2 aromatic rings. The second-order valence-corrected chi connectivity index (χ2v) is 4.67. The lowest BCUT2D eigenvalue weighted by molar-refractivity contribution is 0.759. The predicted molar refractivity (Wildman–Crippen MR) is 74.7 cm³/mol. The van der Waals surface area contributed by atoms with Crippen molar-refractivity contribution >= 4 is 17.3 Å². The normalized spacial score (nSPS) is 10.7. The van der Waals surface area contributed by atoms with Crippen LogP contribution in [0.2, 0.25) is 5.02 Å². The van der Waals surface area contributed by atoms with Gasteiger partial charge in [-0.05, 0) is 11.6 Å². The molecular formula is C13H17ClN4. The Kier molecular flexibility index (Phi) is 3.89. The molecule has 0 atom stereocenters. The number of nitrogens with zero attached hydrogens (tertiary/aromatic N) is 3. The minimum atomic E-state index is 0.473. The lowest BCUT2D eigenvalue weighted by Crippen LogP contribution is -2.21. The highest BCUT2D eigenvalue weighted by molar-refractivity contribution is 6.33. The molecule has 1 aromatic carbocycles. The minimum absolute atomic E-state index is 0.473. The molecule has 0 fully saturated rings. The molecule has 18 heavy (non-hydrogen) atoms. The van der Waals surface area contributed by atoms with Crippen LogP contribution in [0.4, 0.5) is 5.69 Å². The van der Waals surface area contributed by atoms with Crippen LogP contribution in [0.3, 0.4) is 0 Å². The lowest BCUT2D eigenvalue weighted by Gasteiger charge is -2.23. The zero-order valence-electron chi connectivity index (χ0n) is 10.6. The Hall–Kier alpha value is -1.52. The van der Waals surface area contributed by atoms with E-state index in [2.05, 4.69) is 9.88 Å². The minimum Gasteiger partial charge on any atom is -0.366 e. The molecule has 96 valence electrons. The van der Waals surface area contributed by atoms with Crippen LogP contribution >= 0.6 is 11.6 Å². The standard InChI is InChI=1S/C13H17ClN4/c1-17-7-6-16-12(17)9-18(2)13-10(8-15)4-3-5-11(13)14/h3-7H,8-9,15H2,1-2H3. The first kappa shape index (κ1) is 12.9. The highest BCUT2D eigenvalue weighted by Crippen LogP contribution is 2.29. The summed E-state index contributed by atoms with van der Waals surface area (Å²) in [5, 5.41) is 0.717. The maximum atomic E-state index is 6.26. The molecule has 2 N–H and O–H groups in total. The van der Waals surface area contributed by atoms with Gasteiger partial charge in [-0.1, -0.05) is 23.7 Å². The monoisotopic (exact) mass is 264 g/mol. The number of hydrogen-bond acceptors (Lipinski definition) is 3. The van der Waals surface area contributed by atoms with Gasteiger partial charge in [-0.15, -0.1) is 0 Å². The van der Waals surface area contributed by atoms with E-state index in [-0.39, 0.29) is 0 Å². The van der Waals surface area contributed by atoms with Crippen LogP contribution in [-0.2, 0) is 20.1 Å². The van der Waals surface area contributed by atoms with Gasteiger partial charge in [0.15, 0.2) is 0 Å². The SMILES string of the molecule is CN(Cc1nccn1C)c1c(Cl)cccc1CN. The Morgan fingerprint density at radius 3 is 2.83 bits per heavy atom. The molecule has 1 aromatic heterocycles. The highest BCUT2D eigenvalue weighted by atomic mass is 35.5. The number of halogens is 1. The number of hydrogen-bond donors (Lipinski definition) is 1. The Balaban J connectivity index is 2.29. The largest absolute Gasteiger partial charge is 0.366 e. The van der Waals surface area contributed by atoms with E-state index >= 15 is 0 Å². The van der Waals surface area contributed by atoms with Crippen LogP contribution in [0.15, 0.2) is 30.6 Å². The van der Waals surface area contributed by atoms with Gasteiger partial charge in [0, 0.05) is 33.0 Å². The van der Waals surface area contributed by atoms with E-state index < -0.39 is 0 Å². The van der Waals surface area contributed by atoms with Crippen LogP contribution in [0, 0.1) is 0 Å². The summed E-state index contributed by atoms with van der Waals surface area (Å²) in [5.74, 6) is 0.986. The van der Waals surface area contributed by atoms with Crippen molar-refractivity contribution in [2.24, 2.45) is 12.8 Å². The first-order valence-electron chi connectivity index (χ1n) is 5.78. The molecular weight excluding hydrogens is 248 g/mol. The molecule has 0 aliphatic rings. The van der Waals surface area contributed by atoms with Crippen molar-refractivity contribution in [1.82, 2.24) is 9.55 Å². The average molecular weight is 265 g/mol. The van der Waals surface area contributed by atoms with Gasteiger partial charge in [0.05, 0.1) is 17.3 Å². The fourth-order valence-corrected chi connectivity index (χ4v) is 2.33. The zero-order chi connectivity index (χ0) is 13.1. The van der Waals surface area contributed by atoms with Gasteiger partial charge in [0.25, 0.3) is 0 Å². The summed E-state index contributed by atoms with van der Waals surface area (Å²) in [6.07, 6.45) is 3.72. The van der Waals surface area contributed by atoms with E-state index in [1.165, 1.54) is 0 Å². The number of imidazole rings is 1. The summed E-state index contributed by atoms with van der Waals surface area (Å²) in [7, 11) is 3.97. The van der Waals surface area contributed by atoms with Gasteiger partial charge < -0.3 is 15.2 Å². The van der Waals surface area contributed by atoms with E-state index in [0.29, 0.717) is 13.1 Å². The van der Waals surface area contributed by atoms with E-state index in [0.717, 1.165) is 22.1 Å². The molecule has 0 saturated heterocycles. The van der Waals surface area contributed by atoms with Gasteiger partial charge >= 0.3 is 0 Å². The Bertz CT molecular complexity index is 536. The third-order valence-corrected chi connectivity index (χ3v) is 3.28. The van der Waals surface area contributed by atoms with Crippen LogP contribution in [0.1, 0.15) is 11.4 Å². The summed E-state index contributed by atoms with van der Waals surface area (Å²) in [6.45, 7) is 1.17. The van der Waals surface area contributed by atoms with Crippen molar-refractivity contribution in [2.45, 2.75) is 13.1 Å². The summed E-state index contributed by atoms with van der Waals surface area (Å²) in [5.41, 5.74) is 7.77. The van der Waals surface area contributed by atoms with Crippen molar-refractivity contribution in [1.29, 1.82) is 0 Å². The Morgan fingerprint density at radius 2 is 2.22 bits per heavy atom. The predicted octanol–water partition coefficient (Wildman–Crippen LogP) is 2.17. The molecule has 0 aliphatic heterocycles. The smallest absolute Gasteiger partial charge is 0.127 e. The van der Waals surface area contributed by atoms with Gasteiger partial charge in [0.2, 0.25) is 0 Å². The Morgan fingerprint density at radius 1 is 1.44 bits per heavy atom. The molecule has 4 nitrogen and oxygen atoms in total. The zero-order valence-corrected chi connectivity index (χ0v) is 11.4. The molecule has 0 saturated carbocycles. The number of para-hydroxylation sites is 1. The molecule has 1 heterocycles. The van der Waals surface area contributed by atoms with Crippen molar-refractivity contribution in [3.05, 3.63) is 47.0 Å². The molecule has 2 rings (SSSR count). The fraction of sp³-hybridized carbons (Fsp3) is 0.308. The number of anilines is 1. The first-order valence-corrected chi connectivity index (χ1v) is 6.16. The van der Waals surface area contributed by atoms with Gasteiger partial charge in [0.1, 0.15) is 5.82 Å². The number of aryl methyl sites for hydroxylation is 1. The maximum absolute atomic E-state index is 6.26.